The van der Waals surface area contributed by atoms with Gasteiger partial charge in [0, 0.05) is 0 Å². The van der Waals surface area contributed by atoms with Gasteiger partial charge in [-0.05, 0) is 54.3 Å². The molecule has 0 aliphatic heterocycles. The molecule has 24 heavy (non-hydrogen) atoms. The largest absolute Gasteiger partial charge is 0.497 e. The highest BCUT2D eigenvalue weighted by Crippen LogP contribution is 2.24. The molecule has 1 N–H and O–H groups in total. The van der Waals surface area contributed by atoms with E-state index in [2.05, 4.69) is 5.32 Å². The van der Waals surface area contributed by atoms with E-state index < -0.39 is 11.5 Å². The van der Waals surface area contributed by atoms with Crippen molar-refractivity contribution in [1.82, 2.24) is 0 Å². The first-order valence-electron chi connectivity index (χ1n) is 7.17. The van der Waals surface area contributed by atoms with Gasteiger partial charge in [-0.3, -0.25) is 4.79 Å². The van der Waals surface area contributed by atoms with E-state index in [1.807, 2.05) is 13.0 Å². The molecule has 0 aliphatic carbocycles. The van der Waals surface area contributed by atoms with Crippen LogP contribution >= 0.6 is 11.6 Å². The smallest absolute Gasteiger partial charge is 0.344 e. The number of nitrogens with one attached hydrogen (secondary N) is 1. The number of aryl methyl sites for hydroxylation is 1. The van der Waals surface area contributed by atoms with Crippen LogP contribution in [0, 0.1) is 6.92 Å². The lowest BCUT2D eigenvalue weighted by Crippen LogP contribution is -2.15. The van der Waals surface area contributed by atoms with Crippen LogP contribution in [0.15, 0.2) is 51.7 Å². The minimum atomic E-state index is -0.588. The second-order valence-electron chi connectivity index (χ2n) is 5.29. The number of rotatable bonds is 3. The average Bonchev–Trinajstić information content (AvgIpc) is 2.56. The first-order valence-corrected chi connectivity index (χ1v) is 7.55. The van der Waals surface area contributed by atoms with E-state index in [9.17, 15) is 9.59 Å². The number of hydrogen-bond donors (Lipinski definition) is 1. The van der Waals surface area contributed by atoms with Gasteiger partial charge in [0.2, 0.25) is 0 Å². The van der Waals surface area contributed by atoms with Gasteiger partial charge in [0.1, 0.15) is 5.75 Å². The van der Waals surface area contributed by atoms with Gasteiger partial charge in [-0.15, -0.1) is 0 Å². The van der Waals surface area contributed by atoms with Gasteiger partial charge in [0.15, 0.2) is 5.76 Å². The normalized spacial score (nSPS) is 10.6. The third-order valence-electron chi connectivity index (χ3n) is 3.56. The number of hydrogen-bond acceptors (Lipinski definition) is 4. The molecule has 1 heterocycles. The molecule has 0 aliphatic rings. The van der Waals surface area contributed by atoms with Crippen LogP contribution in [0.1, 0.15) is 16.1 Å². The van der Waals surface area contributed by atoms with Crippen LogP contribution in [-0.2, 0) is 0 Å². The Morgan fingerprint density at radius 3 is 2.67 bits per heavy atom. The Hall–Kier alpha value is -2.79. The van der Waals surface area contributed by atoms with Gasteiger partial charge in [0.25, 0.3) is 5.91 Å². The number of amides is 1. The molecule has 0 fully saturated rings. The van der Waals surface area contributed by atoms with E-state index in [1.54, 1.807) is 30.3 Å². The first-order chi connectivity index (χ1) is 11.5. The van der Waals surface area contributed by atoms with Crippen molar-refractivity contribution in [2.75, 3.05) is 12.4 Å². The molecule has 5 nitrogen and oxygen atoms in total. The molecule has 2 aromatic carbocycles. The summed E-state index contributed by atoms with van der Waals surface area (Å²) in [5.41, 5.74) is 0.832. The van der Waals surface area contributed by atoms with Gasteiger partial charge in [0.05, 0.1) is 23.2 Å². The summed E-state index contributed by atoms with van der Waals surface area (Å²) < 4.78 is 10.2. The Bertz CT molecular complexity index is 994. The second kappa shape index (κ2) is 6.37. The number of carbonyl (C=O) groups excluding carboxylic acids is 1. The number of anilines is 1. The highest BCUT2D eigenvalue weighted by molar-refractivity contribution is 6.34. The van der Waals surface area contributed by atoms with Crippen LogP contribution < -0.4 is 15.7 Å². The van der Waals surface area contributed by atoms with Crippen LogP contribution in [0.25, 0.3) is 10.8 Å². The highest BCUT2D eigenvalue weighted by atomic mass is 35.5. The van der Waals surface area contributed by atoms with E-state index in [0.29, 0.717) is 27.2 Å². The van der Waals surface area contributed by atoms with Crippen molar-refractivity contribution in [2.45, 2.75) is 6.92 Å². The molecule has 122 valence electrons. The summed E-state index contributed by atoms with van der Waals surface area (Å²) in [4.78, 5) is 24.4. The zero-order valence-electron chi connectivity index (χ0n) is 13.1. The fourth-order valence-electron chi connectivity index (χ4n) is 2.32. The van der Waals surface area contributed by atoms with Gasteiger partial charge in [-0.2, -0.15) is 0 Å². The predicted molar refractivity (Wildman–Crippen MR) is 93.2 cm³/mol. The van der Waals surface area contributed by atoms with Crippen LogP contribution in [0.5, 0.6) is 5.75 Å². The maximum atomic E-state index is 12.4. The molecule has 0 saturated heterocycles. The fraction of sp³-hybridized carbons (Fsp3) is 0.111. The SMILES string of the molecule is COc1ccc2c(=O)oc(C(=O)Nc3ccc(C)cc3Cl)cc2c1. The summed E-state index contributed by atoms with van der Waals surface area (Å²) in [6.07, 6.45) is 0. The third kappa shape index (κ3) is 3.12. The van der Waals surface area contributed by atoms with Crippen molar-refractivity contribution in [3.63, 3.8) is 0 Å². The molecule has 0 unspecified atom stereocenters. The number of halogens is 1. The standard InChI is InChI=1S/C18H14ClNO4/c1-10-3-6-15(14(19)7-10)20-17(21)16-9-11-8-12(23-2)4-5-13(11)18(22)24-16/h3-9H,1-2H3,(H,20,21). The Morgan fingerprint density at radius 2 is 1.96 bits per heavy atom. The Labute approximate surface area is 142 Å². The lowest BCUT2D eigenvalue weighted by Gasteiger charge is -2.08. The maximum Gasteiger partial charge on any atom is 0.344 e. The lowest BCUT2D eigenvalue weighted by atomic mass is 10.1. The summed E-state index contributed by atoms with van der Waals surface area (Å²) in [6, 6.07) is 11.7. The monoisotopic (exact) mass is 343 g/mol. The first kappa shape index (κ1) is 16.1. The second-order valence-corrected chi connectivity index (χ2v) is 5.70. The number of benzene rings is 2. The summed E-state index contributed by atoms with van der Waals surface area (Å²) >= 11 is 6.10. The molecule has 0 bridgehead atoms. The van der Waals surface area contributed by atoms with E-state index in [1.165, 1.54) is 13.2 Å². The molecule has 1 aromatic heterocycles. The van der Waals surface area contributed by atoms with Crippen molar-refractivity contribution in [1.29, 1.82) is 0 Å². The fourth-order valence-corrected chi connectivity index (χ4v) is 2.60. The molecule has 6 heteroatoms. The van der Waals surface area contributed by atoms with Crippen LogP contribution in [0.2, 0.25) is 5.02 Å². The van der Waals surface area contributed by atoms with E-state index in [4.69, 9.17) is 20.8 Å². The number of fused-ring (bicyclic) bond motifs is 1. The molecule has 3 aromatic rings. The van der Waals surface area contributed by atoms with Crippen LogP contribution in [0.4, 0.5) is 5.69 Å². The molecule has 1 amide bonds. The third-order valence-corrected chi connectivity index (χ3v) is 3.88. The Kier molecular flexibility index (Phi) is 4.27. The quantitative estimate of drug-likeness (QED) is 0.780. The average molecular weight is 344 g/mol. The number of carbonyl (C=O) groups is 1. The van der Waals surface area contributed by atoms with Crippen LogP contribution in [-0.4, -0.2) is 13.0 Å². The summed E-state index contributed by atoms with van der Waals surface area (Å²) in [7, 11) is 1.53. The number of ether oxygens (including phenoxy) is 1. The lowest BCUT2D eigenvalue weighted by molar-refractivity contribution is 0.0993. The van der Waals surface area contributed by atoms with Gasteiger partial charge in [-0.25, -0.2) is 4.79 Å². The van der Waals surface area contributed by atoms with E-state index in [-0.39, 0.29) is 5.76 Å². The van der Waals surface area contributed by atoms with Crippen molar-refractivity contribution in [3.05, 3.63) is 69.2 Å². The van der Waals surface area contributed by atoms with Gasteiger partial charge >= 0.3 is 5.63 Å². The highest BCUT2D eigenvalue weighted by Gasteiger charge is 2.14. The number of methoxy groups -OCH3 is 1. The Balaban J connectivity index is 1.99. The van der Waals surface area contributed by atoms with Gasteiger partial charge in [-0.1, -0.05) is 17.7 Å². The van der Waals surface area contributed by atoms with E-state index >= 15 is 0 Å². The molecule has 0 saturated carbocycles. The maximum absolute atomic E-state index is 12.4. The summed E-state index contributed by atoms with van der Waals surface area (Å²) in [5.74, 6) is -0.0685. The summed E-state index contributed by atoms with van der Waals surface area (Å²) in [5, 5.41) is 3.99. The predicted octanol–water partition coefficient (Wildman–Crippen LogP) is 4.02. The van der Waals surface area contributed by atoms with Crippen molar-refractivity contribution in [3.8, 4) is 5.75 Å². The molecular formula is C18H14ClNO4. The topological polar surface area (TPSA) is 68.5 Å². The minimum absolute atomic E-state index is 0.0996. The molecule has 0 atom stereocenters. The van der Waals surface area contributed by atoms with Crippen LogP contribution in [0.3, 0.4) is 0 Å². The summed E-state index contributed by atoms with van der Waals surface area (Å²) in [6.45, 7) is 1.90. The minimum Gasteiger partial charge on any atom is -0.497 e. The van der Waals surface area contributed by atoms with Crippen molar-refractivity contribution >= 4 is 34.0 Å². The zero-order valence-corrected chi connectivity index (χ0v) is 13.8. The Morgan fingerprint density at radius 1 is 1.17 bits per heavy atom. The van der Waals surface area contributed by atoms with E-state index in [0.717, 1.165) is 5.56 Å². The molecule has 0 radical (unpaired) electrons. The van der Waals surface area contributed by atoms with Crippen molar-refractivity contribution < 1.29 is 13.9 Å². The molecule has 3 rings (SSSR count). The van der Waals surface area contributed by atoms with Crippen molar-refractivity contribution in [2.24, 2.45) is 0 Å². The molecule has 0 spiro atoms. The zero-order chi connectivity index (χ0) is 17.3. The van der Waals surface area contributed by atoms with Gasteiger partial charge < -0.3 is 14.5 Å². The molecular weight excluding hydrogens is 330 g/mol.